The highest BCUT2D eigenvalue weighted by Gasteiger charge is 2.19. The molecular formula is C22H25N5O2. The van der Waals surface area contributed by atoms with E-state index < -0.39 is 0 Å². The van der Waals surface area contributed by atoms with Gasteiger partial charge in [-0.15, -0.1) is 0 Å². The summed E-state index contributed by atoms with van der Waals surface area (Å²) in [5.41, 5.74) is 3.34. The van der Waals surface area contributed by atoms with Crippen LogP contribution in [0.4, 0.5) is 0 Å². The number of aromatic nitrogens is 4. The summed E-state index contributed by atoms with van der Waals surface area (Å²) in [4.78, 5) is 30.9. The molecule has 1 aromatic carbocycles. The fourth-order valence-corrected chi connectivity index (χ4v) is 3.60. The number of rotatable bonds is 5. The van der Waals surface area contributed by atoms with Crippen LogP contribution in [0.25, 0.3) is 11.5 Å². The van der Waals surface area contributed by atoms with Gasteiger partial charge in [0.05, 0.1) is 18.0 Å². The van der Waals surface area contributed by atoms with Gasteiger partial charge in [0, 0.05) is 44.0 Å². The summed E-state index contributed by atoms with van der Waals surface area (Å²) in [5, 5.41) is 0. The van der Waals surface area contributed by atoms with Crippen LogP contribution in [0.2, 0.25) is 0 Å². The van der Waals surface area contributed by atoms with Gasteiger partial charge in [0.25, 0.3) is 5.56 Å². The third kappa shape index (κ3) is 4.68. The van der Waals surface area contributed by atoms with Gasteiger partial charge < -0.3 is 9.72 Å². The fourth-order valence-electron chi connectivity index (χ4n) is 3.60. The maximum Gasteiger partial charge on any atom is 0.254 e. The molecule has 1 aliphatic heterocycles. The predicted molar refractivity (Wildman–Crippen MR) is 111 cm³/mol. The molecule has 150 valence electrons. The molecule has 4 rings (SSSR count). The molecule has 0 saturated heterocycles. The van der Waals surface area contributed by atoms with Gasteiger partial charge in [-0.25, -0.2) is 9.97 Å². The van der Waals surface area contributed by atoms with Crippen LogP contribution < -0.4 is 10.3 Å². The Hall–Kier alpha value is -3.06. The van der Waals surface area contributed by atoms with E-state index in [2.05, 4.69) is 37.0 Å². The standard InChI is InChI=1S/C22H25N5O2/c1-15(2)29-17-5-3-4-16(12-17)14-27-10-6-18-19(7-11-27)25-21(26-22(18)28)20-13-23-8-9-24-20/h3-5,8-9,12-13,15H,6-7,10-11,14H2,1-2H3,(H,25,26,28). The van der Waals surface area contributed by atoms with Crippen LogP contribution >= 0.6 is 0 Å². The first-order valence-corrected chi connectivity index (χ1v) is 9.95. The number of aromatic amines is 1. The molecule has 0 radical (unpaired) electrons. The molecule has 7 heteroatoms. The van der Waals surface area contributed by atoms with Gasteiger partial charge in [-0.3, -0.25) is 14.7 Å². The van der Waals surface area contributed by atoms with Crippen molar-refractivity contribution in [1.29, 1.82) is 0 Å². The Labute approximate surface area is 169 Å². The molecule has 29 heavy (non-hydrogen) atoms. The summed E-state index contributed by atoms with van der Waals surface area (Å²) in [6, 6.07) is 8.22. The Balaban J connectivity index is 1.50. The van der Waals surface area contributed by atoms with Crippen LogP contribution in [-0.2, 0) is 19.4 Å². The zero-order chi connectivity index (χ0) is 20.2. The Kier molecular flexibility index (Phi) is 5.67. The predicted octanol–water partition coefficient (Wildman–Crippen LogP) is 2.61. The topological polar surface area (TPSA) is 84.0 Å². The molecule has 0 amide bonds. The van der Waals surface area contributed by atoms with E-state index in [1.807, 2.05) is 26.0 Å². The lowest BCUT2D eigenvalue weighted by Crippen LogP contribution is -2.26. The smallest absolute Gasteiger partial charge is 0.254 e. The second-order valence-electron chi connectivity index (χ2n) is 7.52. The first kappa shape index (κ1) is 19.3. The summed E-state index contributed by atoms with van der Waals surface area (Å²) in [6.45, 7) is 6.53. The summed E-state index contributed by atoms with van der Waals surface area (Å²) in [6.07, 6.45) is 6.37. The van der Waals surface area contributed by atoms with E-state index in [0.717, 1.165) is 43.1 Å². The van der Waals surface area contributed by atoms with Gasteiger partial charge in [-0.1, -0.05) is 12.1 Å². The van der Waals surface area contributed by atoms with Crippen LogP contribution in [0.15, 0.2) is 47.7 Å². The van der Waals surface area contributed by atoms with E-state index in [1.165, 1.54) is 5.56 Å². The minimum atomic E-state index is -0.0789. The molecule has 1 aliphatic rings. The van der Waals surface area contributed by atoms with Crippen LogP contribution in [0, 0.1) is 0 Å². The van der Waals surface area contributed by atoms with Gasteiger partial charge in [0.2, 0.25) is 0 Å². The van der Waals surface area contributed by atoms with E-state index in [1.54, 1.807) is 18.6 Å². The summed E-state index contributed by atoms with van der Waals surface area (Å²) >= 11 is 0. The number of fused-ring (bicyclic) bond motifs is 1. The maximum atomic E-state index is 12.6. The van der Waals surface area contributed by atoms with Crippen molar-refractivity contribution in [2.75, 3.05) is 13.1 Å². The van der Waals surface area contributed by atoms with Crippen molar-refractivity contribution in [1.82, 2.24) is 24.8 Å². The molecule has 3 aromatic rings. The van der Waals surface area contributed by atoms with Crippen LogP contribution in [0.5, 0.6) is 5.75 Å². The first-order valence-electron chi connectivity index (χ1n) is 9.95. The van der Waals surface area contributed by atoms with Crippen LogP contribution in [-0.4, -0.2) is 44.0 Å². The Bertz CT molecular complexity index is 1030. The van der Waals surface area contributed by atoms with Crippen molar-refractivity contribution in [3.63, 3.8) is 0 Å². The SMILES string of the molecule is CC(C)Oc1cccc(CN2CCc3nc(-c4cnccn4)[nH]c(=O)c3CC2)c1. The molecule has 0 fully saturated rings. The number of hydrogen-bond donors (Lipinski definition) is 1. The second kappa shape index (κ2) is 8.53. The fraction of sp³-hybridized carbons (Fsp3) is 0.364. The number of ether oxygens (including phenoxy) is 1. The normalized spacial score (nSPS) is 14.4. The summed E-state index contributed by atoms with van der Waals surface area (Å²) < 4.78 is 5.81. The Morgan fingerprint density at radius 1 is 1.21 bits per heavy atom. The molecule has 7 nitrogen and oxygen atoms in total. The number of hydrogen-bond acceptors (Lipinski definition) is 6. The van der Waals surface area contributed by atoms with Crippen molar-refractivity contribution in [3.8, 4) is 17.3 Å². The lowest BCUT2D eigenvalue weighted by Gasteiger charge is -2.20. The van der Waals surface area contributed by atoms with Gasteiger partial charge in [0.1, 0.15) is 11.4 Å². The van der Waals surface area contributed by atoms with Crippen molar-refractivity contribution >= 4 is 0 Å². The second-order valence-corrected chi connectivity index (χ2v) is 7.52. The van der Waals surface area contributed by atoms with Crippen molar-refractivity contribution in [2.24, 2.45) is 0 Å². The zero-order valence-corrected chi connectivity index (χ0v) is 16.8. The molecule has 0 aliphatic carbocycles. The minimum Gasteiger partial charge on any atom is -0.491 e. The number of nitrogens with zero attached hydrogens (tertiary/aromatic N) is 4. The van der Waals surface area contributed by atoms with Crippen molar-refractivity contribution < 1.29 is 4.74 Å². The maximum absolute atomic E-state index is 12.6. The molecule has 0 bridgehead atoms. The van der Waals surface area contributed by atoms with E-state index >= 15 is 0 Å². The van der Waals surface area contributed by atoms with E-state index in [0.29, 0.717) is 17.9 Å². The molecule has 0 spiro atoms. The lowest BCUT2D eigenvalue weighted by atomic mass is 10.1. The van der Waals surface area contributed by atoms with Gasteiger partial charge >= 0.3 is 0 Å². The molecule has 0 atom stereocenters. The van der Waals surface area contributed by atoms with Crippen LogP contribution in [0.3, 0.4) is 0 Å². The van der Waals surface area contributed by atoms with Gasteiger partial charge in [-0.2, -0.15) is 0 Å². The Morgan fingerprint density at radius 3 is 2.86 bits per heavy atom. The largest absolute Gasteiger partial charge is 0.491 e. The quantitative estimate of drug-likeness (QED) is 0.720. The monoisotopic (exact) mass is 391 g/mol. The summed E-state index contributed by atoms with van der Waals surface area (Å²) in [5.74, 6) is 1.37. The van der Waals surface area contributed by atoms with Crippen LogP contribution in [0.1, 0.15) is 30.7 Å². The van der Waals surface area contributed by atoms with Crippen molar-refractivity contribution in [3.05, 3.63) is 70.0 Å². The molecule has 0 unspecified atom stereocenters. The van der Waals surface area contributed by atoms with E-state index in [-0.39, 0.29) is 11.7 Å². The number of benzene rings is 1. The van der Waals surface area contributed by atoms with Gasteiger partial charge in [0.15, 0.2) is 5.82 Å². The minimum absolute atomic E-state index is 0.0789. The zero-order valence-electron chi connectivity index (χ0n) is 16.8. The highest BCUT2D eigenvalue weighted by atomic mass is 16.5. The highest BCUT2D eigenvalue weighted by Crippen LogP contribution is 2.19. The molecule has 2 aromatic heterocycles. The third-order valence-corrected chi connectivity index (χ3v) is 4.93. The van der Waals surface area contributed by atoms with Gasteiger partial charge in [-0.05, 0) is 38.0 Å². The molecule has 1 N–H and O–H groups in total. The highest BCUT2D eigenvalue weighted by molar-refractivity contribution is 5.47. The molecule has 3 heterocycles. The average molecular weight is 391 g/mol. The Morgan fingerprint density at radius 2 is 2.07 bits per heavy atom. The molecular weight excluding hydrogens is 366 g/mol. The number of H-pyrrole nitrogens is 1. The van der Waals surface area contributed by atoms with E-state index in [9.17, 15) is 4.79 Å². The van der Waals surface area contributed by atoms with Crippen molar-refractivity contribution in [2.45, 2.75) is 39.3 Å². The summed E-state index contributed by atoms with van der Waals surface area (Å²) in [7, 11) is 0. The molecule has 0 saturated carbocycles. The average Bonchev–Trinajstić information content (AvgIpc) is 2.91. The third-order valence-electron chi connectivity index (χ3n) is 4.93. The first-order chi connectivity index (χ1) is 14.1. The number of nitrogens with one attached hydrogen (secondary N) is 1. The lowest BCUT2D eigenvalue weighted by molar-refractivity contribution is 0.241. The van der Waals surface area contributed by atoms with E-state index in [4.69, 9.17) is 4.74 Å².